The number of rotatable bonds is 4. The molecular weight excluding hydrogens is 370 g/mol. The van der Waals surface area contributed by atoms with Crippen LogP contribution in [-0.4, -0.2) is 18.1 Å². The van der Waals surface area contributed by atoms with E-state index in [0.29, 0.717) is 11.8 Å². The highest BCUT2D eigenvalue weighted by molar-refractivity contribution is 9.10. The predicted octanol–water partition coefficient (Wildman–Crippen LogP) is 2.36. The Morgan fingerprint density at radius 3 is 2.52 bits per heavy atom. The van der Waals surface area contributed by atoms with Crippen LogP contribution in [0, 0.1) is 11.6 Å². The topological polar surface area (TPSA) is 71.3 Å². The SMILES string of the molecule is Cn1cc(S(=O)(=O)Nc2cc(Br)c(F)cc2F)cc1CO. The Bertz CT molecular complexity index is 790. The number of hydrogen-bond donors (Lipinski definition) is 2. The Hall–Kier alpha value is -1.45. The summed E-state index contributed by atoms with van der Waals surface area (Å²) < 4.78 is 54.4. The van der Waals surface area contributed by atoms with Crippen molar-refractivity contribution < 1.29 is 22.3 Å². The summed E-state index contributed by atoms with van der Waals surface area (Å²) >= 11 is 2.86. The molecule has 0 aliphatic carbocycles. The molecule has 0 fully saturated rings. The summed E-state index contributed by atoms with van der Waals surface area (Å²) in [4.78, 5) is -0.131. The number of aliphatic hydroxyl groups excluding tert-OH is 1. The molecule has 1 aromatic heterocycles. The fraction of sp³-hybridized carbons (Fsp3) is 0.167. The number of sulfonamides is 1. The first-order valence-corrected chi connectivity index (χ1v) is 7.95. The Morgan fingerprint density at radius 2 is 1.95 bits per heavy atom. The van der Waals surface area contributed by atoms with Gasteiger partial charge in [0.2, 0.25) is 0 Å². The standard InChI is InChI=1S/C12H11BrF2N2O3S/c1-17-5-8(2-7(17)6-18)21(19,20)16-12-3-9(13)10(14)4-11(12)15/h2-5,16,18H,6H2,1H3. The Balaban J connectivity index is 2.39. The lowest BCUT2D eigenvalue weighted by molar-refractivity contribution is 0.272. The number of aromatic nitrogens is 1. The van der Waals surface area contributed by atoms with Crippen LogP contribution in [0.15, 0.2) is 33.8 Å². The third kappa shape index (κ3) is 3.25. The van der Waals surface area contributed by atoms with Gasteiger partial charge in [-0.15, -0.1) is 0 Å². The minimum atomic E-state index is -4.04. The second-order valence-corrected chi connectivity index (χ2v) is 6.82. The van der Waals surface area contributed by atoms with E-state index in [4.69, 9.17) is 5.11 Å². The molecular formula is C12H11BrF2N2O3S. The van der Waals surface area contributed by atoms with E-state index in [9.17, 15) is 17.2 Å². The fourth-order valence-electron chi connectivity index (χ4n) is 1.69. The van der Waals surface area contributed by atoms with E-state index in [0.717, 1.165) is 6.07 Å². The third-order valence-corrected chi connectivity index (χ3v) is 4.75. The number of anilines is 1. The number of nitrogens with zero attached hydrogens (tertiary/aromatic N) is 1. The van der Waals surface area contributed by atoms with Gasteiger partial charge in [-0.3, -0.25) is 4.72 Å². The average molecular weight is 381 g/mol. The van der Waals surface area contributed by atoms with Gasteiger partial charge < -0.3 is 9.67 Å². The molecule has 114 valence electrons. The van der Waals surface area contributed by atoms with Gasteiger partial charge in [0, 0.05) is 25.0 Å². The Kier molecular flexibility index (Phi) is 4.35. The van der Waals surface area contributed by atoms with Crippen LogP contribution in [0.5, 0.6) is 0 Å². The summed E-state index contributed by atoms with van der Waals surface area (Å²) in [5.41, 5.74) is 0.00816. The zero-order chi connectivity index (χ0) is 15.8. The van der Waals surface area contributed by atoms with Crippen LogP contribution in [0.25, 0.3) is 0 Å². The van der Waals surface area contributed by atoms with Crippen molar-refractivity contribution in [2.75, 3.05) is 4.72 Å². The molecule has 9 heteroatoms. The van der Waals surface area contributed by atoms with Crippen molar-refractivity contribution >= 4 is 31.6 Å². The number of hydrogen-bond acceptors (Lipinski definition) is 3. The van der Waals surface area contributed by atoms with Crippen LogP contribution in [0.4, 0.5) is 14.5 Å². The highest BCUT2D eigenvalue weighted by Gasteiger charge is 2.20. The molecule has 0 saturated carbocycles. The molecule has 0 amide bonds. The van der Waals surface area contributed by atoms with Crippen LogP contribution in [0.1, 0.15) is 5.69 Å². The van der Waals surface area contributed by atoms with E-state index in [1.165, 1.54) is 16.8 Å². The van der Waals surface area contributed by atoms with Crippen LogP contribution in [0.2, 0.25) is 0 Å². The number of halogens is 3. The molecule has 2 aromatic rings. The molecule has 0 radical (unpaired) electrons. The summed E-state index contributed by atoms with van der Waals surface area (Å²) in [6.07, 6.45) is 1.28. The van der Waals surface area contributed by atoms with Crippen molar-refractivity contribution in [3.8, 4) is 0 Å². The Morgan fingerprint density at radius 1 is 1.29 bits per heavy atom. The predicted molar refractivity (Wildman–Crippen MR) is 76.2 cm³/mol. The first-order chi connectivity index (χ1) is 9.74. The molecule has 5 nitrogen and oxygen atoms in total. The van der Waals surface area contributed by atoms with Gasteiger partial charge in [-0.2, -0.15) is 0 Å². The molecule has 0 aliphatic rings. The zero-order valence-electron chi connectivity index (χ0n) is 10.8. The molecule has 0 unspecified atom stereocenters. The average Bonchev–Trinajstić information content (AvgIpc) is 2.78. The maximum absolute atomic E-state index is 13.6. The molecule has 0 bridgehead atoms. The van der Waals surface area contributed by atoms with Crippen LogP contribution >= 0.6 is 15.9 Å². The number of aliphatic hydroxyl groups is 1. The van der Waals surface area contributed by atoms with E-state index in [1.807, 2.05) is 4.72 Å². The largest absolute Gasteiger partial charge is 0.390 e. The zero-order valence-corrected chi connectivity index (χ0v) is 13.2. The van der Waals surface area contributed by atoms with Crippen molar-refractivity contribution in [3.05, 3.63) is 46.2 Å². The summed E-state index contributed by atoms with van der Waals surface area (Å²) in [6, 6.07) is 2.84. The normalized spacial score (nSPS) is 11.7. The maximum atomic E-state index is 13.6. The van der Waals surface area contributed by atoms with Crippen molar-refractivity contribution in [3.63, 3.8) is 0 Å². The molecule has 1 heterocycles. The monoisotopic (exact) mass is 380 g/mol. The lowest BCUT2D eigenvalue weighted by atomic mass is 10.3. The second-order valence-electron chi connectivity index (χ2n) is 4.29. The molecule has 0 spiro atoms. The minimum absolute atomic E-state index is 0.0642. The molecule has 0 aliphatic heterocycles. The molecule has 2 rings (SSSR count). The van der Waals surface area contributed by atoms with E-state index >= 15 is 0 Å². The molecule has 0 saturated heterocycles. The van der Waals surface area contributed by atoms with E-state index in [-0.39, 0.29) is 21.7 Å². The van der Waals surface area contributed by atoms with Gasteiger partial charge in [0.15, 0.2) is 0 Å². The number of aryl methyl sites for hydroxylation is 1. The van der Waals surface area contributed by atoms with Crippen LogP contribution in [0.3, 0.4) is 0 Å². The van der Waals surface area contributed by atoms with Crippen molar-refractivity contribution in [2.45, 2.75) is 11.5 Å². The van der Waals surface area contributed by atoms with Gasteiger partial charge in [0.25, 0.3) is 10.0 Å². The smallest absolute Gasteiger partial charge is 0.263 e. The molecule has 2 N–H and O–H groups in total. The van der Waals surface area contributed by atoms with Crippen LogP contribution in [-0.2, 0) is 23.7 Å². The number of nitrogens with one attached hydrogen (secondary N) is 1. The van der Waals surface area contributed by atoms with E-state index in [1.54, 1.807) is 7.05 Å². The highest BCUT2D eigenvalue weighted by atomic mass is 79.9. The first-order valence-electron chi connectivity index (χ1n) is 5.68. The molecule has 1 aromatic carbocycles. The summed E-state index contributed by atoms with van der Waals surface area (Å²) in [5.74, 6) is -1.87. The summed E-state index contributed by atoms with van der Waals surface area (Å²) in [6.45, 7) is -0.331. The van der Waals surface area contributed by atoms with E-state index < -0.39 is 21.7 Å². The van der Waals surface area contributed by atoms with Gasteiger partial charge in [-0.1, -0.05) is 0 Å². The van der Waals surface area contributed by atoms with Crippen molar-refractivity contribution in [2.24, 2.45) is 7.05 Å². The van der Waals surface area contributed by atoms with Gasteiger partial charge >= 0.3 is 0 Å². The van der Waals surface area contributed by atoms with Gasteiger partial charge in [-0.05, 0) is 28.1 Å². The Labute approximate surface area is 128 Å². The van der Waals surface area contributed by atoms with E-state index in [2.05, 4.69) is 15.9 Å². The van der Waals surface area contributed by atoms with Crippen LogP contribution < -0.4 is 4.72 Å². The quantitative estimate of drug-likeness (QED) is 0.799. The van der Waals surface area contributed by atoms with Gasteiger partial charge in [0.1, 0.15) is 16.5 Å². The van der Waals surface area contributed by atoms with Gasteiger partial charge in [-0.25, -0.2) is 17.2 Å². The summed E-state index contributed by atoms with van der Waals surface area (Å²) in [5, 5.41) is 9.05. The molecule has 21 heavy (non-hydrogen) atoms. The fourth-order valence-corrected chi connectivity index (χ4v) is 3.18. The second kappa shape index (κ2) is 5.74. The lowest BCUT2D eigenvalue weighted by Gasteiger charge is -2.08. The lowest BCUT2D eigenvalue weighted by Crippen LogP contribution is -2.13. The van der Waals surface area contributed by atoms with Crippen molar-refractivity contribution in [1.29, 1.82) is 0 Å². The third-order valence-electron chi connectivity index (χ3n) is 2.81. The van der Waals surface area contributed by atoms with Gasteiger partial charge in [0.05, 0.1) is 16.8 Å². The highest BCUT2D eigenvalue weighted by Crippen LogP contribution is 2.26. The maximum Gasteiger partial charge on any atom is 0.263 e. The minimum Gasteiger partial charge on any atom is -0.390 e. The molecule has 0 atom stereocenters. The van der Waals surface area contributed by atoms with Crippen molar-refractivity contribution in [1.82, 2.24) is 4.57 Å². The first kappa shape index (κ1) is 15.9. The summed E-state index contributed by atoms with van der Waals surface area (Å²) in [7, 11) is -2.47. The number of benzene rings is 1.